The van der Waals surface area contributed by atoms with Crippen LogP contribution in [0.1, 0.15) is 27.9 Å². The van der Waals surface area contributed by atoms with Crippen molar-refractivity contribution in [3.8, 4) is 0 Å². The number of carbonyl (C=O) groups excluding carboxylic acids is 1. The van der Waals surface area contributed by atoms with Crippen molar-refractivity contribution in [2.75, 3.05) is 12.3 Å². The Morgan fingerprint density at radius 1 is 0.971 bits per heavy atom. The second-order valence-electron chi connectivity index (χ2n) is 8.10. The maximum atomic E-state index is 13.2. The third kappa shape index (κ3) is 4.85. The van der Waals surface area contributed by atoms with Gasteiger partial charge in [-0.25, -0.2) is 9.97 Å². The van der Waals surface area contributed by atoms with Crippen LogP contribution in [0.3, 0.4) is 0 Å². The van der Waals surface area contributed by atoms with Crippen LogP contribution in [0, 0.1) is 0 Å². The number of benzene rings is 3. The Hall–Kier alpha value is -4.23. The van der Waals surface area contributed by atoms with Gasteiger partial charge in [-0.05, 0) is 48.2 Å². The summed E-state index contributed by atoms with van der Waals surface area (Å²) < 4.78 is 1.46. The molecule has 0 radical (unpaired) electrons. The molecule has 5 rings (SSSR count). The van der Waals surface area contributed by atoms with E-state index in [0.29, 0.717) is 33.8 Å². The number of hydrogen-bond donors (Lipinski definition) is 2. The van der Waals surface area contributed by atoms with Crippen molar-refractivity contribution in [3.05, 3.63) is 101 Å². The predicted molar refractivity (Wildman–Crippen MR) is 141 cm³/mol. The van der Waals surface area contributed by atoms with Crippen LogP contribution in [-0.4, -0.2) is 33.3 Å². The van der Waals surface area contributed by atoms with Crippen molar-refractivity contribution in [1.29, 1.82) is 0 Å². The molecule has 174 valence electrons. The highest BCUT2D eigenvalue weighted by atomic mass is 35.5. The maximum Gasteiger partial charge on any atom is 0.257 e. The van der Waals surface area contributed by atoms with Crippen molar-refractivity contribution in [2.24, 2.45) is 5.10 Å². The number of carbonyl (C=O) groups is 1. The fraction of sp³-hybridized carbons (Fsp3) is 0.111. The van der Waals surface area contributed by atoms with Crippen molar-refractivity contribution in [1.82, 2.24) is 20.0 Å². The van der Waals surface area contributed by atoms with Crippen LogP contribution < -0.4 is 11.1 Å². The van der Waals surface area contributed by atoms with Crippen molar-refractivity contribution < 1.29 is 4.79 Å². The molecule has 0 saturated carbocycles. The number of rotatable bonds is 7. The number of amides is 1. The summed E-state index contributed by atoms with van der Waals surface area (Å²) in [6.07, 6.45) is 3.32. The number of hydrogen-bond acceptors (Lipinski definition) is 5. The molecule has 2 heterocycles. The van der Waals surface area contributed by atoms with Crippen LogP contribution in [0.4, 0.5) is 5.82 Å². The molecule has 0 aliphatic rings. The van der Waals surface area contributed by atoms with E-state index in [0.717, 1.165) is 18.4 Å². The van der Waals surface area contributed by atoms with E-state index in [1.54, 1.807) is 18.3 Å². The number of aryl methyl sites for hydroxylation is 1. The van der Waals surface area contributed by atoms with E-state index in [4.69, 9.17) is 27.3 Å². The van der Waals surface area contributed by atoms with E-state index >= 15 is 0 Å². The lowest BCUT2D eigenvalue weighted by Gasteiger charge is -2.06. The molecule has 0 aliphatic heterocycles. The molecule has 5 aromatic rings. The van der Waals surface area contributed by atoms with Gasteiger partial charge in [-0.15, -0.1) is 0 Å². The molecule has 0 bridgehead atoms. The quantitative estimate of drug-likeness (QED) is 0.250. The average Bonchev–Trinajstić information content (AvgIpc) is 3.15. The topological polar surface area (TPSA) is 98.2 Å². The molecule has 0 unspecified atom stereocenters. The zero-order chi connectivity index (χ0) is 24.2. The lowest BCUT2D eigenvalue weighted by atomic mass is 10.1. The van der Waals surface area contributed by atoms with E-state index in [1.165, 1.54) is 10.2 Å². The highest BCUT2D eigenvalue weighted by Gasteiger charge is 2.23. The smallest absolute Gasteiger partial charge is 0.257 e. The lowest BCUT2D eigenvalue weighted by Crippen LogP contribution is -2.25. The summed E-state index contributed by atoms with van der Waals surface area (Å²) in [5.41, 5.74) is 11.0. The van der Waals surface area contributed by atoms with Crippen molar-refractivity contribution in [2.45, 2.75) is 12.8 Å². The molecule has 0 spiro atoms. The summed E-state index contributed by atoms with van der Waals surface area (Å²) in [6.45, 7) is 0.509. The number of anilines is 1. The maximum absolute atomic E-state index is 13.2. The summed E-state index contributed by atoms with van der Waals surface area (Å²) in [5, 5.41) is 8.13. The van der Waals surface area contributed by atoms with Gasteiger partial charge in [0.2, 0.25) is 0 Å². The SMILES string of the molecule is Nc1c(C(=O)NCCCc2ccccc2)c2nc3ccccc3nc2n1/N=C/c1ccc(Cl)cc1. The van der Waals surface area contributed by atoms with E-state index in [-0.39, 0.29) is 17.3 Å². The van der Waals surface area contributed by atoms with Crippen LogP contribution in [0.25, 0.3) is 22.2 Å². The first-order valence-electron chi connectivity index (χ1n) is 11.3. The van der Waals surface area contributed by atoms with Crippen LogP contribution in [0.2, 0.25) is 5.02 Å². The molecular formula is C27H23ClN6O. The van der Waals surface area contributed by atoms with Gasteiger partial charge in [0.25, 0.3) is 5.91 Å². The standard InChI is InChI=1S/C27H23ClN6O/c28-20-14-12-19(13-15-20)17-31-34-25(29)23(24-26(34)33-22-11-5-4-10-21(22)32-24)27(35)30-16-6-9-18-7-2-1-3-8-18/h1-5,7-8,10-15,17H,6,9,16,29H2,(H,30,35)/b31-17+. The minimum absolute atomic E-state index is 0.182. The minimum Gasteiger partial charge on any atom is -0.383 e. The number of nitrogens with one attached hydrogen (secondary N) is 1. The zero-order valence-electron chi connectivity index (χ0n) is 18.9. The largest absolute Gasteiger partial charge is 0.383 e. The summed E-state index contributed by atoms with van der Waals surface area (Å²) >= 11 is 5.98. The molecule has 8 heteroatoms. The number of aromatic nitrogens is 3. The number of nitrogens with zero attached hydrogens (tertiary/aromatic N) is 4. The summed E-state index contributed by atoms with van der Waals surface area (Å²) in [5.74, 6) is -0.119. The minimum atomic E-state index is -0.300. The molecule has 3 aromatic carbocycles. The Bertz CT molecular complexity index is 1530. The molecule has 0 aliphatic carbocycles. The highest BCUT2D eigenvalue weighted by Crippen LogP contribution is 2.28. The summed E-state index contributed by atoms with van der Waals surface area (Å²) in [6, 6.07) is 24.9. The molecule has 0 saturated heterocycles. The highest BCUT2D eigenvalue weighted by molar-refractivity contribution is 6.30. The molecule has 1 amide bonds. The molecule has 2 aromatic heterocycles. The molecule has 0 atom stereocenters. The van der Waals surface area contributed by atoms with Crippen molar-refractivity contribution >= 4 is 51.7 Å². The van der Waals surface area contributed by atoms with Crippen molar-refractivity contribution in [3.63, 3.8) is 0 Å². The van der Waals surface area contributed by atoms with Gasteiger partial charge in [0, 0.05) is 11.6 Å². The van der Waals surface area contributed by atoms with Gasteiger partial charge in [-0.3, -0.25) is 4.79 Å². The third-order valence-electron chi connectivity index (χ3n) is 5.66. The fourth-order valence-electron chi connectivity index (χ4n) is 3.89. The normalized spacial score (nSPS) is 11.5. The second kappa shape index (κ2) is 9.95. The van der Waals surface area contributed by atoms with Gasteiger partial charge in [0.05, 0.1) is 17.2 Å². The van der Waals surface area contributed by atoms with Crippen LogP contribution >= 0.6 is 11.6 Å². The number of nitrogen functional groups attached to an aromatic ring is 1. The van der Waals surface area contributed by atoms with E-state index < -0.39 is 0 Å². The fourth-order valence-corrected chi connectivity index (χ4v) is 4.01. The molecular weight excluding hydrogens is 460 g/mol. The first kappa shape index (κ1) is 22.6. The number of halogens is 1. The molecule has 7 nitrogen and oxygen atoms in total. The van der Waals surface area contributed by atoms with E-state index in [1.807, 2.05) is 54.6 Å². The summed E-state index contributed by atoms with van der Waals surface area (Å²) in [7, 11) is 0. The predicted octanol–water partition coefficient (Wildman–Crippen LogP) is 5.06. The lowest BCUT2D eigenvalue weighted by molar-refractivity contribution is 0.0955. The van der Waals surface area contributed by atoms with Gasteiger partial charge in [0.15, 0.2) is 5.65 Å². The zero-order valence-corrected chi connectivity index (χ0v) is 19.6. The molecule has 0 fully saturated rings. The number of para-hydroxylation sites is 2. The Kier molecular flexibility index (Phi) is 6.41. The first-order valence-corrected chi connectivity index (χ1v) is 11.7. The Balaban J connectivity index is 1.47. The van der Waals surface area contributed by atoms with Gasteiger partial charge in [0.1, 0.15) is 16.9 Å². The third-order valence-corrected chi connectivity index (χ3v) is 5.92. The van der Waals surface area contributed by atoms with Gasteiger partial charge >= 0.3 is 0 Å². The Labute approximate surface area is 207 Å². The molecule has 35 heavy (non-hydrogen) atoms. The summed E-state index contributed by atoms with van der Waals surface area (Å²) in [4.78, 5) is 22.6. The Morgan fingerprint density at radius 3 is 2.40 bits per heavy atom. The molecule has 3 N–H and O–H groups in total. The average molecular weight is 483 g/mol. The van der Waals surface area contributed by atoms with E-state index in [2.05, 4.69) is 22.6 Å². The number of nitrogens with two attached hydrogens (primary N) is 1. The van der Waals surface area contributed by atoms with E-state index in [9.17, 15) is 4.79 Å². The monoisotopic (exact) mass is 482 g/mol. The van der Waals surface area contributed by atoms with Gasteiger partial charge in [-0.2, -0.15) is 9.78 Å². The second-order valence-corrected chi connectivity index (χ2v) is 8.53. The van der Waals surface area contributed by atoms with Gasteiger partial charge in [-0.1, -0.05) is 66.2 Å². The van der Waals surface area contributed by atoms with Crippen LogP contribution in [-0.2, 0) is 6.42 Å². The first-order chi connectivity index (χ1) is 17.1. The van der Waals surface area contributed by atoms with Gasteiger partial charge < -0.3 is 11.1 Å². The van der Waals surface area contributed by atoms with Crippen LogP contribution in [0.15, 0.2) is 84.0 Å². The van der Waals surface area contributed by atoms with Crippen LogP contribution in [0.5, 0.6) is 0 Å². The number of fused-ring (bicyclic) bond motifs is 2. The Morgan fingerprint density at radius 2 is 1.66 bits per heavy atom.